The second kappa shape index (κ2) is 7.41. The molecule has 0 spiro atoms. The SMILES string of the molecule is CN1CCC(CCC(=O)NC2(CO)CCCCC2)CC1. The van der Waals surface area contributed by atoms with Gasteiger partial charge in [-0.25, -0.2) is 0 Å². The van der Waals surface area contributed by atoms with Crippen molar-refractivity contribution in [2.24, 2.45) is 5.92 Å². The Morgan fingerprint density at radius 3 is 2.50 bits per heavy atom. The number of nitrogens with zero attached hydrogens (tertiary/aromatic N) is 1. The third kappa shape index (κ3) is 4.45. The number of rotatable bonds is 5. The number of nitrogens with one attached hydrogen (secondary N) is 1. The number of hydrogen-bond donors (Lipinski definition) is 2. The van der Waals surface area contributed by atoms with Crippen LogP contribution >= 0.6 is 0 Å². The van der Waals surface area contributed by atoms with Crippen molar-refractivity contribution in [3.63, 3.8) is 0 Å². The average Bonchev–Trinajstić information content (AvgIpc) is 2.47. The maximum atomic E-state index is 12.1. The first-order valence-electron chi connectivity index (χ1n) is 8.24. The molecule has 1 saturated heterocycles. The fraction of sp³-hybridized carbons (Fsp3) is 0.938. The van der Waals surface area contributed by atoms with Crippen LogP contribution in [0.25, 0.3) is 0 Å². The highest BCUT2D eigenvalue weighted by Gasteiger charge is 2.32. The van der Waals surface area contributed by atoms with E-state index in [2.05, 4.69) is 17.3 Å². The van der Waals surface area contributed by atoms with Gasteiger partial charge in [0.15, 0.2) is 0 Å². The highest BCUT2D eigenvalue weighted by Crippen LogP contribution is 2.28. The van der Waals surface area contributed by atoms with Gasteiger partial charge in [0, 0.05) is 6.42 Å². The summed E-state index contributed by atoms with van der Waals surface area (Å²) >= 11 is 0. The second-order valence-electron chi connectivity index (χ2n) is 6.83. The number of likely N-dealkylation sites (tertiary alicyclic amines) is 1. The fourth-order valence-corrected chi connectivity index (χ4v) is 3.60. The van der Waals surface area contributed by atoms with Crippen molar-refractivity contribution in [1.82, 2.24) is 10.2 Å². The molecule has 4 nitrogen and oxygen atoms in total. The molecule has 1 amide bonds. The molecule has 2 fully saturated rings. The summed E-state index contributed by atoms with van der Waals surface area (Å²) in [5, 5.41) is 12.7. The van der Waals surface area contributed by atoms with Gasteiger partial charge in [0.1, 0.15) is 0 Å². The molecule has 2 aliphatic rings. The zero-order valence-electron chi connectivity index (χ0n) is 12.9. The Labute approximate surface area is 122 Å². The van der Waals surface area contributed by atoms with Crippen LogP contribution in [0.5, 0.6) is 0 Å². The van der Waals surface area contributed by atoms with E-state index in [9.17, 15) is 9.90 Å². The summed E-state index contributed by atoms with van der Waals surface area (Å²) < 4.78 is 0. The van der Waals surface area contributed by atoms with Crippen LogP contribution in [0.4, 0.5) is 0 Å². The maximum absolute atomic E-state index is 12.1. The molecule has 4 heteroatoms. The summed E-state index contributed by atoms with van der Waals surface area (Å²) in [4.78, 5) is 14.5. The van der Waals surface area contributed by atoms with E-state index in [0.29, 0.717) is 12.3 Å². The Balaban J connectivity index is 1.71. The van der Waals surface area contributed by atoms with Crippen LogP contribution in [0, 0.1) is 5.92 Å². The monoisotopic (exact) mass is 282 g/mol. The molecule has 116 valence electrons. The maximum Gasteiger partial charge on any atom is 0.220 e. The van der Waals surface area contributed by atoms with E-state index in [1.807, 2.05) is 0 Å². The van der Waals surface area contributed by atoms with Gasteiger partial charge in [-0.1, -0.05) is 19.3 Å². The van der Waals surface area contributed by atoms with E-state index >= 15 is 0 Å². The van der Waals surface area contributed by atoms with Gasteiger partial charge < -0.3 is 15.3 Å². The standard InChI is InChI=1S/C16H30N2O2/c1-18-11-7-14(8-12-18)5-6-15(20)17-16(13-19)9-3-2-4-10-16/h14,19H,2-13H2,1H3,(H,17,20). The topological polar surface area (TPSA) is 52.6 Å². The molecular weight excluding hydrogens is 252 g/mol. The molecule has 1 aliphatic heterocycles. The molecule has 0 bridgehead atoms. The highest BCUT2D eigenvalue weighted by molar-refractivity contribution is 5.76. The number of piperidine rings is 1. The molecule has 2 N–H and O–H groups in total. The van der Waals surface area contributed by atoms with Crippen LogP contribution in [-0.4, -0.2) is 48.2 Å². The van der Waals surface area contributed by atoms with Gasteiger partial charge in [0.2, 0.25) is 5.91 Å². The van der Waals surface area contributed by atoms with Crippen LogP contribution in [0.15, 0.2) is 0 Å². The average molecular weight is 282 g/mol. The molecule has 20 heavy (non-hydrogen) atoms. The zero-order chi connectivity index (χ0) is 14.4. The normalized spacial score (nSPS) is 24.5. The minimum atomic E-state index is -0.317. The van der Waals surface area contributed by atoms with Crippen LogP contribution < -0.4 is 5.32 Å². The number of aliphatic hydroxyl groups is 1. The van der Waals surface area contributed by atoms with Crippen molar-refractivity contribution in [3.8, 4) is 0 Å². The molecule has 0 aromatic heterocycles. The molecule has 1 saturated carbocycles. The first-order chi connectivity index (χ1) is 9.63. The summed E-state index contributed by atoms with van der Waals surface area (Å²) in [5.41, 5.74) is -0.317. The molecule has 0 atom stereocenters. The molecule has 0 aromatic rings. The van der Waals surface area contributed by atoms with Crippen molar-refractivity contribution in [1.29, 1.82) is 0 Å². The Bertz CT molecular complexity index is 306. The van der Waals surface area contributed by atoms with E-state index in [0.717, 1.165) is 45.2 Å². The molecule has 1 aliphatic carbocycles. The van der Waals surface area contributed by atoms with E-state index in [4.69, 9.17) is 0 Å². The van der Waals surface area contributed by atoms with Crippen LogP contribution in [0.1, 0.15) is 57.8 Å². The van der Waals surface area contributed by atoms with Gasteiger partial charge in [0.25, 0.3) is 0 Å². The molecule has 0 radical (unpaired) electrons. The van der Waals surface area contributed by atoms with Gasteiger partial charge in [-0.2, -0.15) is 0 Å². The minimum absolute atomic E-state index is 0.0902. The van der Waals surface area contributed by atoms with Gasteiger partial charge in [-0.05, 0) is 58.2 Å². The first-order valence-corrected chi connectivity index (χ1v) is 8.24. The predicted molar refractivity (Wildman–Crippen MR) is 80.5 cm³/mol. The number of carbonyl (C=O) groups is 1. The second-order valence-corrected chi connectivity index (χ2v) is 6.83. The highest BCUT2D eigenvalue weighted by atomic mass is 16.3. The smallest absolute Gasteiger partial charge is 0.220 e. The first kappa shape index (κ1) is 15.8. The molecule has 1 heterocycles. The molecule has 0 aromatic carbocycles. The number of carbonyl (C=O) groups excluding carboxylic acids is 1. The number of amides is 1. The van der Waals surface area contributed by atoms with Crippen LogP contribution in [0.2, 0.25) is 0 Å². The Hall–Kier alpha value is -0.610. The van der Waals surface area contributed by atoms with Gasteiger partial charge >= 0.3 is 0 Å². The lowest BCUT2D eigenvalue weighted by molar-refractivity contribution is -0.124. The summed E-state index contributed by atoms with van der Waals surface area (Å²) in [6.07, 6.45) is 9.40. The summed E-state index contributed by atoms with van der Waals surface area (Å²) in [7, 11) is 2.16. The molecule has 2 rings (SSSR count). The Morgan fingerprint density at radius 1 is 1.25 bits per heavy atom. The number of aliphatic hydroxyl groups excluding tert-OH is 1. The molecule has 0 unspecified atom stereocenters. The summed E-state index contributed by atoms with van der Waals surface area (Å²) in [6, 6.07) is 0. The van der Waals surface area contributed by atoms with Crippen molar-refractivity contribution in [2.75, 3.05) is 26.7 Å². The number of hydrogen-bond acceptors (Lipinski definition) is 3. The van der Waals surface area contributed by atoms with E-state index in [1.54, 1.807) is 0 Å². The van der Waals surface area contributed by atoms with Gasteiger partial charge in [-0.3, -0.25) is 4.79 Å². The summed E-state index contributed by atoms with van der Waals surface area (Å²) in [5.74, 6) is 0.841. The van der Waals surface area contributed by atoms with E-state index < -0.39 is 0 Å². The van der Waals surface area contributed by atoms with Crippen LogP contribution in [0.3, 0.4) is 0 Å². The lowest BCUT2D eigenvalue weighted by atomic mass is 9.82. The minimum Gasteiger partial charge on any atom is -0.394 e. The lowest BCUT2D eigenvalue weighted by Crippen LogP contribution is -2.52. The van der Waals surface area contributed by atoms with Crippen molar-refractivity contribution >= 4 is 5.91 Å². The summed E-state index contributed by atoms with van der Waals surface area (Å²) in [6.45, 7) is 2.41. The largest absolute Gasteiger partial charge is 0.394 e. The van der Waals surface area contributed by atoms with Crippen molar-refractivity contribution < 1.29 is 9.90 Å². The predicted octanol–water partition coefficient (Wildman–Crippen LogP) is 1.92. The Kier molecular flexibility index (Phi) is 5.85. The molecular formula is C16H30N2O2. The van der Waals surface area contributed by atoms with Crippen molar-refractivity contribution in [2.45, 2.75) is 63.3 Å². The Morgan fingerprint density at radius 2 is 1.90 bits per heavy atom. The third-order valence-electron chi connectivity index (χ3n) is 5.14. The zero-order valence-corrected chi connectivity index (χ0v) is 12.9. The van der Waals surface area contributed by atoms with Crippen molar-refractivity contribution in [3.05, 3.63) is 0 Å². The van der Waals surface area contributed by atoms with E-state index in [1.165, 1.54) is 19.3 Å². The van der Waals surface area contributed by atoms with Gasteiger partial charge in [0.05, 0.1) is 12.1 Å². The quantitative estimate of drug-likeness (QED) is 0.810. The lowest BCUT2D eigenvalue weighted by Gasteiger charge is -2.36. The van der Waals surface area contributed by atoms with E-state index in [-0.39, 0.29) is 18.1 Å². The van der Waals surface area contributed by atoms with Gasteiger partial charge in [-0.15, -0.1) is 0 Å². The fourth-order valence-electron chi connectivity index (χ4n) is 3.60. The van der Waals surface area contributed by atoms with Crippen LogP contribution in [-0.2, 0) is 4.79 Å². The third-order valence-corrected chi connectivity index (χ3v) is 5.14.